The van der Waals surface area contributed by atoms with Gasteiger partial charge in [0.25, 0.3) is 6.43 Å². The molecule has 0 saturated carbocycles. The molecule has 2 aliphatic rings. The van der Waals surface area contributed by atoms with Crippen LogP contribution in [-0.2, 0) is 11.2 Å². The Morgan fingerprint density at radius 3 is 2.57 bits per heavy atom. The average molecular weight is 609 g/mol. The Balaban J connectivity index is 1.26. The van der Waals surface area contributed by atoms with Crippen LogP contribution in [0.4, 0.5) is 29.1 Å². The monoisotopic (exact) mass is 608 g/mol. The summed E-state index contributed by atoms with van der Waals surface area (Å²) in [5, 5.41) is 4.20. The van der Waals surface area contributed by atoms with Crippen LogP contribution in [0.25, 0.3) is 11.8 Å². The second-order valence-corrected chi connectivity index (χ2v) is 10.5. The van der Waals surface area contributed by atoms with E-state index in [0.29, 0.717) is 54.4 Å². The smallest absolute Gasteiger partial charge is 0.272 e. The molecule has 0 bridgehead atoms. The van der Waals surface area contributed by atoms with E-state index >= 15 is 4.39 Å². The van der Waals surface area contributed by atoms with Gasteiger partial charge in [-0.2, -0.15) is 5.10 Å². The van der Waals surface area contributed by atoms with Crippen molar-refractivity contribution in [2.24, 2.45) is 0 Å². The number of halogens is 4. The summed E-state index contributed by atoms with van der Waals surface area (Å²) < 4.78 is 72.9. The van der Waals surface area contributed by atoms with Crippen molar-refractivity contribution < 1.29 is 36.6 Å². The first-order chi connectivity index (χ1) is 21.2. The third kappa shape index (κ3) is 5.72. The number of hydrogen-bond donors (Lipinski definition) is 1. The van der Waals surface area contributed by atoms with Crippen molar-refractivity contribution in [2.75, 3.05) is 43.5 Å². The first kappa shape index (κ1) is 29.2. The summed E-state index contributed by atoms with van der Waals surface area (Å²) in [6, 6.07) is 11.9. The quantitative estimate of drug-likeness (QED) is 0.180. The number of ketones is 1. The molecule has 6 rings (SSSR count). The molecule has 0 atom stereocenters. The number of fused-ring (bicyclic) bond motifs is 1. The zero-order valence-electron chi connectivity index (χ0n) is 23.7. The van der Waals surface area contributed by atoms with Crippen molar-refractivity contribution in [3.8, 4) is 22.9 Å². The summed E-state index contributed by atoms with van der Waals surface area (Å²) in [5.74, 6) is -1.45. The molecule has 8 nitrogen and oxygen atoms in total. The molecule has 1 aromatic heterocycles. The first-order valence-electron chi connectivity index (χ1n) is 13.9. The van der Waals surface area contributed by atoms with Crippen LogP contribution in [0.5, 0.6) is 17.2 Å². The highest BCUT2D eigenvalue weighted by molar-refractivity contribution is 6.15. The van der Waals surface area contributed by atoms with Gasteiger partial charge in [-0.3, -0.25) is 4.79 Å². The van der Waals surface area contributed by atoms with E-state index < -0.39 is 30.5 Å². The van der Waals surface area contributed by atoms with E-state index in [0.717, 1.165) is 16.3 Å². The fourth-order valence-electron chi connectivity index (χ4n) is 5.39. The van der Waals surface area contributed by atoms with Crippen LogP contribution >= 0.6 is 0 Å². The number of nitrogens with two attached hydrogens (primary N) is 1. The third-order valence-electron chi connectivity index (χ3n) is 7.49. The number of nitrogens with zero attached hydrogens (tertiary/aromatic N) is 3. The maximum atomic E-state index is 15.4. The molecule has 0 unspecified atom stereocenters. The zero-order valence-corrected chi connectivity index (χ0v) is 23.7. The SMILES string of the molecule is Cc1cc(Oc2ccccc2F)cc(F)c1-n1ncc(C(=O)C2=Cc3cc(OCC(F)F)c(N4CCOCC4)cc3C2)c1N. The molecule has 1 aliphatic carbocycles. The topological polar surface area (TPSA) is 91.8 Å². The van der Waals surface area contributed by atoms with Crippen molar-refractivity contribution >= 4 is 23.4 Å². The van der Waals surface area contributed by atoms with Gasteiger partial charge in [0.15, 0.2) is 23.2 Å². The van der Waals surface area contributed by atoms with E-state index in [9.17, 15) is 18.0 Å². The number of para-hydroxylation sites is 1. The number of allylic oxidation sites excluding steroid dienone is 1. The number of rotatable bonds is 9. The highest BCUT2D eigenvalue weighted by Gasteiger charge is 2.28. The van der Waals surface area contributed by atoms with Crippen LogP contribution in [0, 0.1) is 18.6 Å². The number of carbonyl (C=O) groups is 1. The predicted molar refractivity (Wildman–Crippen MR) is 156 cm³/mol. The van der Waals surface area contributed by atoms with Crippen LogP contribution in [0.15, 0.2) is 60.3 Å². The molecule has 4 aromatic rings. The van der Waals surface area contributed by atoms with E-state index in [-0.39, 0.29) is 35.0 Å². The fourth-order valence-corrected chi connectivity index (χ4v) is 5.39. The minimum Gasteiger partial charge on any atom is -0.485 e. The van der Waals surface area contributed by atoms with Gasteiger partial charge in [-0.15, -0.1) is 0 Å². The molecule has 1 aliphatic heterocycles. The Kier molecular flexibility index (Phi) is 8.00. The van der Waals surface area contributed by atoms with Gasteiger partial charge < -0.3 is 24.8 Å². The summed E-state index contributed by atoms with van der Waals surface area (Å²) >= 11 is 0. The van der Waals surface area contributed by atoms with Crippen LogP contribution in [0.2, 0.25) is 0 Å². The number of aryl methyl sites for hydroxylation is 1. The molecule has 2 heterocycles. The van der Waals surface area contributed by atoms with Gasteiger partial charge in [-0.1, -0.05) is 12.1 Å². The van der Waals surface area contributed by atoms with Gasteiger partial charge in [0, 0.05) is 31.1 Å². The molecule has 3 aromatic carbocycles. The van der Waals surface area contributed by atoms with E-state index in [1.54, 1.807) is 25.1 Å². The van der Waals surface area contributed by atoms with Crippen LogP contribution in [0.1, 0.15) is 27.0 Å². The average Bonchev–Trinajstić information content (AvgIpc) is 3.59. The lowest BCUT2D eigenvalue weighted by atomic mass is 10.0. The van der Waals surface area contributed by atoms with Crippen molar-refractivity contribution in [1.29, 1.82) is 0 Å². The third-order valence-corrected chi connectivity index (χ3v) is 7.49. The molecular formula is C32H28F4N4O4. The predicted octanol–water partition coefficient (Wildman–Crippen LogP) is 6.14. The molecular weight excluding hydrogens is 580 g/mol. The molecule has 44 heavy (non-hydrogen) atoms. The Labute approximate surface area is 250 Å². The molecule has 0 spiro atoms. The van der Waals surface area contributed by atoms with Gasteiger partial charge in [0.1, 0.15) is 29.6 Å². The Bertz CT molecular complexity index is 1740. The van der Waals surface area contributed by atoms with Gasteiger partial charge in [0.2, 0.25) is 0 Å². The summed E-state index contributed by atoms with van der Waals surface area (Å²) in [6.45, 7) is 3.00. The molecule has 1 fully saturated rings. The molecule has 228 valence electrons. The summed E-state index contributed by atoms with van der Waals surface area (Å²) in [4.78, 5) is 15.6. The lowest BCUT2D eigenvalue weighted by molar-refractivity contribution is 0.0816. The van der Waals surface area contributed by atoms with Crippen molar-refractivity contribution in [3.05, 3.63) is 94.2 Å². The summed E-state index contributed by atoms with van der Waals surface area (Å²) in [6.07, 6.45) is 0.589. The number of hydrogen-bond acceptors (Lipinski definition) is 7. The second kappa shape index (κ2) is 12.0. The number of nitrogen functional groups attached to an aromatic ring is 1. The largest absolute Gasteiger partial charge is 0.485 e. The van der Waals surface area contributed by atoms with Gasteiger partial charge >= 0.3 is 0 Å². The normalized spacial score (nSPS) is 14.5. The number of aromatic nitrogens is 2. The standard InChI is InChI=1S/C32H28F4N4O4/c1-18-10-22(44-27-5-3-2-4-24(27)33)15-25(34)30(18)40-32(37)23(16-38-40)31(41)21-11-19-13-26(39-6-8-42-9-7-39)28(14-20(19)12-21)43-17-29(35)36/h2-5,10,12-16,29H,6-9,11,17,37H2,1H3. The lowest BCUT2D eigenvalue weighted by Gasteiger charge is -2.30. The zero-order chi connectivity index (χ0) is 31.0. The van der Waals surface area contributed by atoms with E-state index in [4.69, 9.17) is 19.9 Å². The summed E-state index contributed by atoms with van der Waals surface area (Å²) in [7, 11) is 0. The number of benzene rings is 3. The number of ether oxygens (including phenoxy) is 3. The maximum Gasteiger partial charge on any atom is 0.272 e. The van der Waals surface area contributed by atoms with E-state index in [2.05, 4.69) is 5.10 Å². The van der Waals surface area contributed by atoms with Crippen molar-refractivity contribution in [1.82, 2.24) is 9.78 Å². The van der Waals surface area contributed by atoms with Crippen molar-refractivity contribution in [2.45, 2.75) is 19.8 Å². The first-order valence-corrected chi connectivity index (χ1v) is 13.9. The van der Waals surface area contributed by atoms with E-state index in [1.165, 1.54) is 30.5 Å². The number of anilines is 2. The molecule has 0 amide bonds. The van der Waals surface area contributed by atoms with Crippen LogP contribution in [0.3, 0.4) is 0 Å². The number of alkyl halides is 2. The van der Waals surface area contributed by atoms with E-state index in [1.807, 2.05) is 11.0 Å². The molecule has 12 heteroatoms. The van der Waals surface area contributed by atoms with Gasteiger partial charge in [-0.05, 0) is 60.0 Å². The lowest BCUT2D eigenvalue weighted by Crippen LogP contribution is -2.36. The summed E-state index contributed by atoms with van der Waals surface area (Å²) in [5.41, 5.74) is 9.41. The molecule has 0 radical (unpaired) electrons. The number of Topliss-reactive ketones (excluding diaryl/α,β-unsaturated/α-hetero) is 1. The fraction of sp³-hybridized carbons (Fsp3) is 0.250. The van der Waals surface area contributed by atoms with Crippen LogP contribution in [-0.4, -0.2) is 54.9 Å². The van der Waals surface area contributed by atoms with Crippen molar-refractivity contribution in [3.63, 3.8) is 0 Å². The Morgan fingerprint density at radius 2 is 1.84 bits per heavy atom. The maximum absolute atomic E-state index is 15.4. The van der Waals surface area contributed by atoms with Gasteiger partial charge in [0.05, 0.1) is 30.7 Å². The Morgan fingerprint density at radius 1 is 1.07 bits per heavy atom. The Hall–Kier alpha value is -4.84. The molecule has 2 N–H and O–H groups in total. The second-order valence-electron chi connectivity index (χ2n) is 10.5. The number of morpholine rings is 1. The minimum atomic E-state index is -2.64. The van der Waals surface area contributed by atoms with Crippen LogP contribution < -0.4 is 20.1 Å². The minimum absolute atomic E-state index is 0.0158. The highest BCUT2D eigenvalue weighted by Crippen LogP contribution is 2.39. The highest BCUT2D eigenvalue weighted by atomic mass is 19.3. The number of carbonyl (C=O) groups excluding carboxylic acids is 1. The molecule has 1 saturated heterocycles. The van der Waals surface area contributed by atoms with Gasteiger partial charge in [-0.25, -0.2) is 22.2 Å².